The summed E-state index contributed by atoms with van der Waals surface area (Å²) in [4.78, 5) is 15.0. The zero-order valence-electron chi connectivity index (χ0n) is 18.1. The highest BCUT2D eigenvalue weighted by Crippen LogP contribution is 2.32. The van der Waals surface area contributed by atoms with Crippen LogP contribution in [0.25, 0.3) is 0 Å². The van der Waals surface area contributed by atoms with Crippen molar-refractivity contribution in [2.75, 3.05) is 41.3 Å². The second kappa shape index (κ2) is 9.29. The molecule has 10 nitrogen and oxygen atoms in total. The number of nitro groups is 1. The van der Waals surface area contributed by atoms with Crippen LogP contribution in [-0.2, 0) is 0 Å². The van der Waals surface area contributed by atoms with Crippen LogP contribution in [0.5, 0.6) is 0 Å². The lowest BCUT2D eigenvalue weighted by molar-refractivity contribution is -0.384. The van der Waals surface area contributed by atoms with Gasteiger partial charge in [-0.1, -0.05) is 0 Å². The third-order valence-corrected chi connectivity index (χ3v) is 6.03. The third kappa shape index (κ3) is 5.28. The van der Waals surface area contributed by atoms with Gasteiger partial charge in [-0.05, 0) is 43.2 Å². The molecule has 2 aromatic rings. The van der Waals surface area contributed by atoms with Crippen LogP contribution in [0.1, 0.15) is 12.8 Å². The Morgan fingerprint density at radius 3 is 1.59 bits per heavy atom. The molecule has 4 rings (SSSR count). The van der Waals surface area contributed by atoms with E-state index < -0.39 is 4.92 Å². The fraction of sp³-hybridized carbons (Fsp3) is 0.455. The normalized spacial score (nSPS) is 26.1. The predicted molar refractivity (Wildman–Crippen MR) is 128 cm³/mol. The quantitative estimate of drug-likeness (QED) is 0.337. The van der Waals surface area contributed by atoms with Crippen LogP contribution in [0, 0.1) is 10.1 Å². The molecule has 0 aromatic heterocycles. The van der Waals surface area contributed by atoms with E-state index in [1.54, 1.807) is 12.1 Å². The average molecular weight is 441 g/mol. The number of piperidine rings is 2. The van der Waals surface area contributed by atoms with Crippen molar-refractivity contribution in [2.24, 2.45) is 22.9 Å². The Balaban J connectivity index is 1.65. The molecule has 0 aliphatic carbocycles. The molecule has 2 aliphatic rings. The molecular formula is C22H32N8O2. The molecule has 2 heterocycles. The summed E-state index contributed by atoms with van der Waals surface area (Å²) >= 11 is 0. The standard InChI is InChI=1S/C22H32N8O2/c23-14-5-15(24)11-28(10-14)21-7-19(27-18-1-3-20(4-2-18)30(31)32)8-22(9-21)29-12-16(25)6-17(26)13-29/h1-4,7-9,14-17,27H,5-6,10-13,23-26H2. The maximum atomic E-state index is 10.9. The van der Waals surface area contributed by atoms with Crippen LogP contribution in [-0.4, -0.2) is 55.3 Å². The number of nitrogens with two attached hydrogens (primary N) is 4. The summed E-state index contributed by atoms with van der Waals surface area (Å²) in [5.74, 6) is 0. The highest BCUT2D eigenvalue weighted by Gasteiger charge is 2.26. The number of benzene rings is 2. The number of hydrogen-bond donors (Lipinski definition) is 5. The van der Waals surface area contributed by atoms with Gasteiger partial charge >= 0.3 is 0 Å². The van der Waals surface area contributed by atoms with Crippen LogP contribution in [0.3, 0.4) is 0 Å². The highest BCUT2D eigenvalue weighted by molar-refractivity contribution is 5.73. The van der Waals surface area contributed by atoms with Gasteiger partial charge in [0.05, 0.1) is 4.92 Å². The first kappa shape index (κ1) is 22.3. The van der Waals surface area contributed by atoms with Crippen molar-refractivity contribution in [3.8, 4) is 0 Å². The van der Waals surface area contributed by atoms with Crippen LogP contribution in [0.4, 0.5) is 28.4 Å². The molecule has 10 heteroatoms. The Labute approximate surface area is 187 Å². The van der Waals surface area contributed by atoms with E-state index in [0.29, 0.717) is 0 Å². The van der Waals surface area contributed by atoms with Gasteiger partial charge in [0, 0.05) is 85.2 Å². The van der Waals surface area contributed by atoms with E-state index in [0.717, 1.165) is 61.8 Å². The van der Waals surface area contributed by atoms with E-state index in [2.05, 4.69) is 33.3 Å². The highest BCUT2D eigenvalue weighted by atomic mass is 16.6. The third-order valence-electron chi connectivity index (χ3n) is 6.03. The zero-order chi connectivity index (χ0) is 22.8. The second-order valence-corrected chi connectivity index (χ2v) is 8.99. The summed E-state index contributed by atoms with van der Waals surface area (Å²) in [6, 6.07) is 12.7. The molecule has 0 saturated carbocycles. The molecule has 0 bridgehead atoms. The molecule has 0 amide bonds. The van der Waals surface area contributed by atoms with E-state index in [1.807, 2.05) is 0 Å². The van der Waals surface area contributed by atoms with Crippen molar-refractivity contribution in [3.63, 3.8) is 0 Å². The molecule has 0 radical (unpaired) electrons. The Bertz CT molecular complexity index is 889. The molecule has 2 saturated heterocycles. The molecule has 2 fully saturated rings. The summed E-state index contributed by atoms with van der Waals surface area (Å²) in [5, 5.41) is 14.3. The molecule has 4 atom stereocenters. The van der Waals surface area contributed by atoms with Crippen LogP contribution < -0.4 is 38.1 Å². The number of nitrogens with one attached hydrogen (secondary N) is 1. The lowest BCUT2D eigenvalue weighted by atomic mass is 10.00. The Kier molecular flexibility index (Phi) is 6.47. The van der Waals surface area contributed by atoms with Gasteiger partial charge in [0.15, 0.2) is 0 Å². The summed E-state index contributed by atoms with van der Waals surface area (Å²) in [5.41, 5.74) is 28.7. The Morgan fingerprint density at radius 2 is 1.19 bits per heavy atom. The lowest BCUT2D eigenvalue weighted by Crippen LogP contribution is -2.53. The van der Waals surface area contributed by atoms with E-state index in [4.69, 9.17) is 22.9 Å². The average Bonchev–Trinajstić information content (AvgIpc) is 2.72. The predicted octanol–water partition coefficient (Wildman–Crippen LogP) is 1.07. The SMILES string of the molecule is NC1CC(N)CN(c2cc(Nc3ccc([N+](=O)[O-])cc3)cc(N3CC(N)CC(N)C3)c2)C1. The first-order chi connectivity index (χ1) is 15.3. The number of anilines is 4. The summed E-state index contributed by atoms with van der Waals surface area (Å²) in [7, 11) is 0. The molecule has 9 N–H and O–H groups in total. The fourth-order valence-electron chi connectivity index (χ4n) is 4.64. The summed E-state index contributed by atoms with van der Waals surface area (Å²) in [6.45, 7) is 2.92. The van der Waals surface area contributed by atoms with Crippen molar-refractivity contribution in [3.05, 3.63) is 52.6 Å². The minimum atomic E-state index is -0.409. The van der Waals surface area contributed by atoms with Gasteiger partial charge in [-0.25, -0.2) is 0 Å². The van der Waals surface area contributed by atoms with E-state index in [1.165, 1.54) is 12.1 Å². The van der Waals surface area contributed by atoms with Gasteiger partial charge in [-0.3, -0.25) is 10.1 Å². The van der Waals surface area contributed by atoms with E-state index in [9.17, 15) is 10.1 Å². The smallest absolute Gasteiger partial charge is 0.269 e. The fourth-order valence-corrected chi connectivity index (χ4v) is 4.64. The summed E-state index contributed by atoms with van der Waals surface area (Å²) < 4.78 is 0. The molecular weight excluding hydrogens is 408 g/mol. The van der Waals surface area contributed by atoms with Gasteiger partial charge in [-0.15, -0.1) is 0 Å². The molecule has 0 spiro atoms. The van der Waals surface area contributed by atoms with Gasteiger partial charge in [0.2, 0.25) is 0 Å². The van der Waals surface area contributed by atoms with E-state index >= 15 is 0 Å². The van der Waals surface area contributed by atoms with Gasteiger partial charge in [0.1, 0.15) is 0 Å². The van der Waals surface area contributed by atoms with Gasteiger partial charge in [-0.2, -0.15) is 0 Å². The van der Waals surface area contributed by atoms with Gasteiger partial charge in [0.25, 0.3) is 5.69 Å². The molecule has 172 valence electrons. The van der Waals surface area contributed by atoms with Crippen molar-refractivity contribution < 1.29 is 4.92 Å². The van der Waals surface area contributed by atoms with Crippen LogP contribution in [0.15, 0.2) is 42.5 Å². The monoisotopic (exact) mass is 440 g/mol. The number of hydrogen-bond acceptors (Lipinski definition) is 9. The van der Waals surface area contributed by atoms with E-state index in [-0.39, 0.29) is 29.9 Å². The maximum absolute atomic E-state index is 10.9. The van der Waals surface area contributed by atoms with Crippen LogP contribution >= 0.6 is 0 Å². The largest absolute Gasteiger partial charge is 0.368 e. The first-order valence-corrected chi connectivity index (χ1v) is 11.0. The lowest BCUT2D eigenvalue weighted by Gasteiger charge is -2.39. The van der Waals surface area contributed by atoms with Crippen molar-refractivity contribution >= 4 is 28.4 Å². The number of nitrogens with zero attached hydrogens (tertiary/aromatic N) is 3. The number of rotatable bonds is 5. The summed E-state index contributed by atoms with van der Waals surface area (Å²) in [6.07, 6.45) is 1.61. The minimum Gasteiger partial charge on any atom is -0.368 e. The maximum Gasteiger partial charge on any atom is 0.269 e. The van der Waals surface area contributed by atoms with Gasteiger partial charge < -0.3 is 38.1 Å². The number of nitro benzene ring substituents is 1. The topological polar surface area (TPSA) is 166 Å². The Morgan fingerprint density at radius 1 is 0.750 bits per heavy atom. The van der Waals surface area contributed by atoms with Crippen molar-refractivity contribution in [1.82, 2.24) is 0 Å². The number of non-ortho nitro benzene ring substituents is 1. The second-order valence-electron chi connectivity index (χ2n) is 8.99. The van der Waals surface area contributed by atoms with Crippen LogP contribution in [0.2, 0.25) is 0 Å². The zero-order valence-corrected chi connectivity index (χ0v) is 18.1. The van der Waals surface area contributed by atoms with Crippen molar-refractivity contribution in [1.29, 1.82) is 0 Å². The van der Waals surface area contributed by atoms with Crippen molar-refractivity contribution in [2.45, 2.75) is 37.0 Å². The first-order valence-electron chi connectivity index (χ1n) is 11.0. The molecule has 32 heavy (non-hydrogen) atoms. The molecule has 4 unspecified atom stereocenters. The molecule has 2 aliphatic heterocycles. The molecule has 2 aromatic carbocycles. The Hall–Kier alpha value is -2.92. The minimum absolute atomic E-state index is 0.0188.